The van der Waals surface area contributed by atoms with Gasteiger partial charge in [-0.2, -0.15) is 0 Å². The van der Waals surface area contributed by atoms with Crippen LogP contribution in [0.15, 0.2) is 0 Å². The molecule has 0 spiro atoms. The lowest BCUT2D eigenvalue weighted by atomic mass is 9.88. The maximum atomic E-state index is 11.7. The Bertz CT molecular complexity index is 450. The van der Waals surface area contributed by atoms with Gasteiger partial charge in [0.1, 0.15) is 0 Å². The molecule has 0 radical (unpaired) electrons. The normalized spacial score (nSPS) is 13.1. The van der Waals surface area contributed by atoms with Crippen LogP contribution in [0.4, 0.5) is 0 Å². The number of aliphatic carboxylic acids is 1. The van der Waals surface area contributed by atoms with Crippen LogP contribution in [0.1, 0.15) is 26.7 Å². The topological polar surface area (TPSA) is 158 Å². The van der Waals surface area contributed by atoms with Crippen LogP contribution in [0.5, 0.6) is 0 Å². The summed E-state index contributed by atoms with van der Waals surface area (Å²) in [5, 5.41) is 24.9. The molecular formula is C18H38N6O4. The maximum absolute atomic E-state index is 11.7. The summed E-state index contributed by atoms with van der Waals surface area (Å²) >= 11 is 0. The van der Waals surface area contributed by atoms with Crippen molar-refractivity contribution in [1.29, 1.82) is 0 Å². The molecule has 0 bridgehead atoms. The predicted molar refractivity (Wildman–Crippen MR) is 109 cm³/mol. The molecule has 0 aromatic heterocycles. The van der Waals surface area contributed by atoms with Crippen molar-refractivity contribution in [2.45, 2.75) is 26.7 Å². The Morgan fingerprint density at radius 3 is 1.86 bits per heavy atom. The Morgan fingerprint density at radius 2 is 1.39 bits per heavy atom. The second-order valence-corrected chi connectivity index (χ2v) is 6.76. The summed E-state index contributed by atoms with van der Waals surface area (Å²) < 4.78 is 0. The smallest absolute Gasteiger partial charge is 0.307 e. The molecule has 28 heavy (non-hydrogen) atoms. The molecule has 0 aromatic rings. The quantitative estimate of drug-likeness (QED) is 0.123. The zero-order chi connectivity index (χ0) is 21.2. The van der Waals surface area contributed by atoms with Crippen molar-refractivity contribution in [2.75, 3.05) is 58.9 Å². The summed E-state index contributed by atoms with van der Waals surface area (Å²) in [5.74, 6) is -3.10. The first-order valence-corrected chi connectivity index (χ1v) is 9.99. The average Bonchev–Trinajstić information content (AvgIpc) is 2.64. The molecule has 0 rings (SSSR count). The SMILES string of the molecule is CCNCCNCCNCCNCCC(C)C(CC(=O)NCC(N)=O)C(=O)O. The third kappa shape index (κ3) is 15.3. The van der Waals surface area contributed by atoms with Crippen LogP contribution in [0, 0.1) is 11.8 Å². The number of rotatable bonds is 19. The first-order chi connectivity index (χ1) is 13.4. The highest BCUT2D eigenvalue weighted by molar-refractivity contribution is 5.86. The molecule has 8 N–H and O–H groups in total. The van der Waals surface area contributed by atoms with Crippen molar-refractivity contribution in [2.24, 2.45) is 17.6 Å². The molecule has 0 saturated carbocycles. The fraction of sp³-hybridized carbons (Fsp3) is 0.833. The van der Waals surface area contributed by atoms with Gasteiger partial charge in [0.05, 0.1) is 12.5 Å². The second kappa shape index (κ2) is 17.4. The molecule has 0 fully saturated rings. The summed E-state index contributed by atoms with van der Waals surface area (Å²) in [6.45, 7) is 10.7. The summed E-state index contributed by atoms with van der Waals surface area (Å²) in [7, 11) is 0. The molecule has 10 heteroatoms. The van der Waals surface area contributed by atoms with Gasteiger partial charge in [0, 0.05) is 45.7 Å². The number of carboxylic acid groups (broad SMARTS) is 1. The van der Waals surface area contributed by atoms with Crippen molar-refractivity contribution in [3.63, 3.8) is 0 Å². The van der Waals surface area contributed by atoms with Crippen LogP contribution < -0.4 is 32.3 Å². The van der Waals surface area contributed by atoms with Gasteiger partial charge in [-0.1, -0.05) is 13.8 Å². The van der Waals surface area contributed by atoms with Gasteiger partial charge in [0.25, 0.3) is 0 Å². The highest BCUT2D eigenvalue weighted by Crippen LogP contribution is 2.19. The van der Waals surface area contributed by atoms with Crippen molar-refractivity contribution in [1.82, 2.24) is 26.6 Å². The molecule has 0 aromatic carbocycles. The number of carbonyl (C=O) groups excluding carboxylic acids is 2. The van der Waals surface area contributed by atoms with Crippen LogP contribution in [0.25, 0.3) is 0 Å². The Kier molecular flexibility index (Phi) is 16.3. The Balaban J connectivity index is 3.78. The van der Waals surface area contributed by atoms with E-state index in [1.54, 1.807) is 0 Å². The van der Waals surface area contributed by atoms with E-state index in [1.807, 2.05) is 6.92 Å². The summed E-state index contributed by atoms with van der Waals surface area (Å²) in [5.41, 5.74) is 4.96. The Labute approximate surface area is 167 Å². The van der Waals surface area contributed by atoms with Gasteiger partial charge < -0.3 is 37.4 Å². The highest BCUT2D eigenvalue weighted by atomic mass is 16.4. The molecule has 2 amide bonds. The van der Waals surface area contributed by atoms with Crippen molar-refractivity contribution in [3.05, 3.63) is 0 Å². The fourth-order valence-corrected chi connectivity index (χ4v) is 2.60. The van der Waals surface area contributed by atoms with E-state index in [2.05, 4.69) is 33.5 Å². The lowest BCUT2D eigenvalue weighted by molar-refractivity contribution is -0.146. The fourth-order valence-electron chi connectivity index (χ4n) is 2.60. The van der Waals surface area contributed by atoms with E-state index in [0.717, 1.165) is 45.8 Å². The van der Waals surface area contributed by atoms with Gasteiger partial charge in [-0.05, 0) is 25.4 Å². The van der Waals surface area contributed by atoms with Gasteiger partial charge >= 0.3 is 5.97 Å². The Morgan fingerprint density at radius 1 is 0.893 bits per heavy atom. The molecule has 0 aliphatic heterocycles. The summed E-state index contributed by atoms with van der Waals surface area (Å²) in [4.78, 5) is 33.8. The van der Waals surface area contributed by atoms with E-state index in [-0.39, 0.29) is 18.9 Å². The van der Waals surface area contributed by atoms with Crippen molar-refractivity contribution >= 4 is 17.8 Å². The minimum Gasteiger partial charge on any atom is -0.481 e. The van der Waals surface area contributed by atoms with Crippen molar-refractivity contribution < 1.29 is 19.5 Å². The van der Waals surface area contributed by atoms with E-state index in [9.17, 15) is 19.5 Å². The van der Waals surface area contributed by atoms with Crippen LogP contribution in [0.2, 0.25) is 0 Å². The first-order valence-electron chi connectivity index (χ1n) is 9.99. The lowest BCUT2D eigenvalue weighted by Crippen LogP contribution is -2.37. The van der Waals surface area contributed by atoms with Gasteiger partial charge in [0.2, 0.25) is 11.8 Å². The van der Waals surface area contributed by atoms with Crippen LogP contribution >= 0.6 is 0 Å². The van der Waals surface area contributed by atoms with Gasteiger partial charge in [-0.15, -0.1) is 0 Å². The minimum atomic E-state index is -1.01. The number of likely N-dealkylation sites (N-methyl/N-ethyl adjacent to an activating group) is 1. The monoisotopic (exact) mass is 402 g/mol. The van der Waals surface area contributed by atoms with E-state index in [0.29, 0.717) is 13.0 Å². The molecule has 2 atom stereocenters. The minimum absolute atomic E-state index is 0.161. The molecule has 0 saturated heterocycles. The van der Waals surface area contributed by atoms with Gasteiger partial charge in [-0.25, -0.2) is 0 Å². The third-order valence-corrected chi connectivity index (χ3v) is 4.33. The largest absolute Gasteiger partial charge is 0.481 e. The van der Waals surface area contributed by atoms with Crippen LogP contribution in [0.3, 0.4) is 0 Å². The van der Waals surface area contributed by atoms with Crippen LogP contribution in [-0.2, 0) is 14.4 Å². The summed E-state index contributed by atoms with van der Waals surface area (Å²) in [6, 6.07) is 0. The first kappa shape index (κ1) is 26.2. The number of carbonyl (C=O) groups is 3. The van der Waals surface area contributed by atoms with E-state index in [1.165, 1.54) is 0 Å². The number of hydrogen-bond acceptors (Lipinski definition) is 7. The van der Waals surface area contributed by atoms with Gasteiger partial charge in [0.15, 0.2) is 0 Å². The number of nitrogens with one attached hydrogen (secondary N) is 5. The highest BCUT2D eigenvalue weighted by Gasteiger charge is 2.27. The predicted octanol–water partition coefficient (Wildman–Crippen LogP) is -1.92. The number of primary amides is 1. The molecule has 2 unspecified atom stereocenters. The third-order valence-electron chi connectivity index (χ3n) is 4.33. The van der Waals surface area contributed by atoms with Crippen LogP contribution in [-0.4, -0.2) is 81.8 Å². The average molecular weight is 403 g/mol. The number of nitrogens with two attached hydrogens (primary N) is 1. The zero-order valence-electron chi connectivity index (χ0n) is 17.2. The number of hydrogen-bond donors (Lipinski definition) is 7. The van der Waals surface area contributed by atoms with Gasteiger partial charge in [-0.3, -0.25) is 14.4 Å². The number of carboxylic acids is 1. The molecule has 0 aliphatic rings. The zero-order valence-corrected chi connectivity index (χ0v) is 17.2. The second-order valence-electron chi connectivity index (χ2n) is 6.76. The maximum Gasteiger partial charge on any atom is 0.307 e. The molecule has 10 nitrogen and oxygen atoms in total. The summed E-state index contributed by atoms with van der Waals surface area (Å²) in [6.07, 6.45) is 0.484. The standard InChI is InChI=1S/C18H38N6O4/c1-3-20-6-7-22-10-11-23-9-8-21-5-4-14(2)15(18(27)28)12-17(26)24-13-16(19)25/h14-15,20-23H,3-13H2,1-2H3,(H2,19,25)(H,24,26)(H,27,28). The van der Waals surface area contributed by atoms with E-state index in [4.69, 9.17) is 5.73 Å². The van der Waals surface area contributed by atoms with Crippen molar-refractivity contribution in [3.8, 4) is 0 Å². The Hall–Kier alpha value is -1.75. The van der Waals surface area contributed by atoms with E-state index < -0.39 is 23.7 Å². The van der Waals surface area contributed by atoms with E-state index >= 15 is 0 Å². The molecule has 0 aliphatic carbocycles. The molecule has 0 heterocycles. The molecular weight excluding hydrogens is 364 g/mol. The lowest BCUT2D eigenvalue weighted by Gasteiger charge is -2.20. The number of amides is 2. The molecule has 164 valence electrons.